The molecule has 0 bridgehead atoms. The number of fused-ring (bicyclic) bond motifs is 1. The monoisotopic (exact) mass is 783 g/mol. The predicted octanol–water partition coefficient (Wildman–Crippen LogP) is 2.40. The van der Waals surface area contributed by atoms with E-state index < -0.39 is 59.5 Å². The van der Waals surface area contributed by atoms with Crippen LogP contribution in [0.25, 0.3) is 10.9 Å². The van der Waals surface area contributed by atoms with Gasteiger partial charge in [0.25, 0.3) is 5.91 Å². The Balaban J connectivity index is 1.44. The quantitative estimate of drug-likeness (QED) is 0.0133. The normalized spacial score (nSPS) is 13.3. The average Bonchev–Trinajstić information content (AvgIpc) is 3.61. The molecule has 0 fully saturated rings. The number of H-pyrrole nitrogens is 1. The Hall–Kier alpha value is -5.58. The van der Waals surface area contributed by atoms with Gasteiger partial charge in [-0.05, 0) is 86.0 Å². The van der Waals surface area contributed by atoms with E-state index in [4.69, 9.17) is 17.3 Å². The molecule has 4 rings (SSSR count). The third-order valence-electron chi connectivity index (χ3n) is 9.30. The lowest BCUT2D eigenvalue weighted by atomic mass is 9.94. The highest BCUT2D eigenvalue weighted by molar-refractivity contribution is 6.41. The van der Waals surface area contributed by atoms with Gasteiger partial charge in [-0.1, -0.05) is 68.5 Å². The number of nitrogens with one attached hydrogen (secondary N) is 6. The van der Waals surface area contributed by atoms with Gasteiger partial charge in [-0.3, -0.25) is 35.1 Å². The molecule has 3 atom stereocenters. The van der Waals surface area contributed by atoms with Gasteiger partial charge >= 0.3 is 0 Å². The number of carbonyl (C=O) groups excluding carboxylic acids is 5. The standard InChI is InChI=1S/C42H54FN9O5/c1-26(2)22-29(12-8-20-47-41(57)36(23-27-10-4-3-5-11-27)51-39(55)28-16-18-31(43)19-17-28)40(56)50-34(15-9-21-48-42(44)45)37(53)38(54)35(52-46)24-30-25-49-33-14-7-6-13-32(30)33/h3-7,10-14,16-19,25-26,34-36,42,48-49,52H,8-9,15,20-24,44-46H2,1-2H3,(H,47,57)(H,50,56)(H,51,55)/b29-12+/t34-,35-,36-/m0/s1. The molecule has 0 saturated heterocycles. The second kappa shape index (κ2) is 22.2. The minimum absolute atomic E-state index is 0.0570. The first-order valence-corrected chi connectivity index (χ1v) is 19.1. The molecule has 0 aliphatic rings. The molecule has 1 aromatic heterocycles. The van der Waals surface area contributed by atoms with Gasteiger partial charge < -0.3 is 32.4 Å². The van der Waals surface area contributed by atoms with Crippen molar-refractivity contribution in [2.45, 2.75) is 76.8 Å². The summed E-state index contributed by atoms with van der Waals surface area (Å²) in [5.74, 6) is 2.31. The fourth-order valence-corrected chi connectivity index (χ4v) is 6.36. The number of hydrogen-bond donors (Lipinski definition) is 9. The van der Waals surface area contributed by atoms with E-state index in [-0.39, 0.29) is 43.7 Å². The van der Waals surface area contributed by atoms with Gasteiger partial charge in [-0.25, -0.2) is 9.82 Å². The SMILES string of the molecule is CC(C)C/C(=C\CCNC(=O)[C@H](Cc1ccccc1)NC(=O)c1ccc(F)cc1)C(=O)N[C@@H](CCCNC(N)N)C(=O)C(=O)[C@H](Cc1c[nH]c2ccccc12)NN. The van der Waals surface area contributed by atoms with Gasteiger partial charge in [-0.15, -0.1) is 0 Å². The van der Waals surface area contributed by atoms with Crippen LogP contribution in [0.3, 0.4) is 0 Å². The molecule has 3 amide bonds. The zero-order valence-electron chi connectivity index (χ0n) is 32.4. The summed E-state index contributed by atoms with van der Waals surface area (Å²) < 4.78 is 13.5. The van der Waals surface area contributed by atoms with E-state index in [2.05, 4.69) is 31.7 Å². The largest absolute Gasteiger partial charge is 0.361 e. The zero-order chi connectivity index (χ0) is 41.3. The number of carbonyl (C=O) groups is 5. The topological polar surface area (TPSA) is 239 Å². The smallest absolute Gasteiger partial charge is 0.251 e. The van der Waals surface area contributed by atoms with Crippen molar-refractivity contribution in [2.24, 2.45) is 23.2 Å². The molecule has 12 N–H and O–H groups in total. The number of halogens is 1. The number of rotatable bonds is 23. The third kappa shape index (κ3) is 13.8. The lowest BCUT2D eigenvalue weighted by Gasteiger charge is -2.22. The third-order valence-corrected chi connectivity index (χ3v) is 9.30. The maximum atomic E-state index is 13.8. The molecule has 1 heterocycles. The lowest BCUT2D eigenvalue weighted by molar-refractivity contribution is -0.139. The zero-order valence-corrected chi connectivity index (χ0v) is 32.4. The van der Waals surface area contributed by atoms with E-state index in [1.165, 1.54) is 24.3 Å². The molecule has 0 spiro atoms. The Morgan fingerprint density at radius 1 is 0.807 bits per heavy atom. The van der Waals surface area contributed by atoms with Crippen molar-refractivity contribution in [2.75, 3.05) is 13.1 Å². The maximum absolute atomic E-state index is 13.8. The summed E-state index contributed by atoms with van der Waals surface area (Å²) in [4.78, 5) is 70.8. The number of Topliss-reactive ketones (excluding diaryl/α,β-unsaturated/α-hetero) is 2. The first kappa shape index (κ1) is 44.1. The van der Waals surface area contributed by atoms with Crippen molar-refractivity contribution < 1.29 is 28.4 Å². The molecule has 3 aromatic carbocycles. The highest BCUT2D eigenvalue weighted by atomic mass is 19.1. The number of nitrogens with two attached hydrogens (primary N) is 3. The molecular weight excluding hydrogens is 730 g/mol. The first-order valence-electron chi connectivity index (χ1n) is 19.1. The van der Waals surface area contributed by atoms with Gasteiger partial charge in [-0.2, -0.15) is 0 Å². The number of amides is 3. The molecule has 4 aromatic rings. The van der Waals surface area contributed by atoms with E-state index in [1.54, 1.807) is 12.3 Å². The van der Waals surface area contributed by atoms with Gasteiger partial charge in [0.2, 0.25) is 23.4 Å². The highest BCUT2D eigenvalue weighted by Gasteiger charge is 2.33. The Kier molecular flexibility index (Phi) is 17.2. The minimum atomic E-state index is -1.17. The van der Waals surface area contributed by atoms with Crippen LogP contribution in [0.5, 0.6) is 0 Å². The number of aromatic nitrogens is 1. The molecule has 15 heteroatoms. The van der Waals surface area contributed by atoms with Crippen LogP contribution in [0.2, 0.25) is 0 Å². The van der Waals surface area contributed by atoms with Crippen molar-refractivity contribution in [1.82, 2.24) is 31.7 Å². The molecule has 0 saturated carbocycles. The van der Waals surface area contributed by atoms with Crippen LogP contribution in [0.4, 0.5) is 4.39 Å². The predicted molar refractivity (Wildman–Crippen MR) is 217 cm³/mol. The number of hydrogen-bond acceptors (Lipinski definition) is 10. The molecule has 0 aliphatic heterocycles. The summed E-state index contributed by atoms with van der Waals surface area (Å²) in [6.07, 6.45) is 4.14. The summed E-state index contributed by atoms with van der Waals surface area (Å²) in [5.41, 5.74) is 16.8. The fourth-order valence-electron chi connectivity index (χ4n) is 6.36. The molecule has 0 aliphatic carbocycles. The second-order valence-electron chi connectivity index (χ2n) is 14.3. The van der Waals surface area contributed by atoms with Gasteiger partial charge in [0.05, 0.1) is 12.1 Å². The van der Waals surface area contributed by atoms with Crippen LogP contribution >= 0.6 is 0 Å². The van der Waals surface area contributed by atoms with Crippen LogP contribution < -0.4 is 44.0 Å². The van der Waals surface area contributed by atoms with Gasteiger partial charge in [0, 0.05) is 41.2 Å². The number of hydrazine groups is 1. The van der Waals surface area contributed by atoms with Crippen LogP contribution in [-0.2, 0) is 32.0 Å². The maximum Gasteiger partial charge on any atom is 0.251 e. The summed E-state index contributed by atoms with van der Waals surface area (Å²) in [6, 6.07) is 18.6. The van der Waals surface area contributed by atoms with E-state index in [9.17, 15) is 28.4 Å². The molecule has 0 radical (unpaired) electrons. The van der Waals surface area contributed by atoms with Gasteiger partial charge in [0.15, 0.2) is 0 Å². The lowest BCUT2D eigenvalue weighted by Crippen LogP contribution is -2.52. The molecule has 14 nitrogen and oxygen atoms in total. The molecule has 0 unspecified atom stereocenters. The van der Waals surface area contributed by atoms with Gasteiger partial charge in [0.1, 0.15) is 18.1 Å². The average molecular weight is 784 g/mol. The number of para-hydroxylation sites is 1. The summed E-state index contributed by atoms with van der Waals surface area (Å²) in [6.45, 7) is 4.35. The summed E-state index contributed by atoms with van der Waals surface area (Å²) in [7, 11) is 0. The Labute approximate surface area is 331 Å². The van der Waals surface area contributed by atoms with Crippen LogP contribution in [0, 0.1) is 11.7 Å². The Bertz CT molecular complexity index is 1980. The van der Waals surface area contributed by atoms with Crippen molar-refractivity contribution >= 4 is 40.2 Å². The molecule has 304 valence electrons. The van der Waals surface area contributed by atoms with E-state index in [1.807, 2.05) is 68.4 Å². The van der Waals surface area contributed by atoms with Crippen LogP contribution in [-0.4, -0.2) is 71.8 Å². The summed E-state index contributed by atoms with van der Waals surface area (Å²) in [5, 5.41) is 12.2. The molecule has 57 heavy (non-hydrogen) atoms. The summed E-state index contributed by atoms with van der Waals surface area (Å²) >= 11 is 0. The molecular formula is C42H54FN9O5. The van der Waals surface area contributed by atoms with Crippen molar-refractivity contribution in [3.63, 3.8) is 0 Å². The second-order valence-corrected chi connectivity index (χ2v) is 14.3. The number of aromatic amines is 1. The first-order chi connectivity index (χ1) is 27.4. The van der Waals surface area contributed by atoms with E-state index in [0.717, 1.165) is 22.0 Å². The Morgan fingerprint density at radius 3 is 2.18 bits per heavy atom. The van der Waals surface area contributed by atoms with E-state index in [0.29, 0.717) is 25.0 Å². The van der Waals surface area contributed by atoms with Crippen LogP contribution in [0.15, 0.2) is 96.7 Å². The highest BCUT2D eigenvalue weighted by Crippen LogP contribution is 2.20. The number of benzene rings is 3. The van der Waals surface area contributed by atoms with Crippen molar-refractivity contribution in [1.29, 1.82) is 0 Å². The van der Waals surface area contributed by atoms with Crippen LogP contribution in [0.1, 0.15) is 61.0 Å². The minimum Gasteiger partial charge on any atom is -0.361 e. The van der Waals surface area contributed by atoms with Crippen molar-refractivity contribution in [3.05, 3.63) is 119 Å². The fraction of sp³-hybridized carbons (Fsp3) is 0.357. The Morgan fingerprint density at radius 2 is 1.49 bits per heavy atom. The van der Waals surface area contributed by atoms with Crippen molar-refractivity contribution in [3.8, 4) is 0 Å². The number of ketones is 2. The van der Waals surface area contributed by atoms with E-state index >= 15 is 0 Å².